The van der Waals surface area contributed by atoms with Crippen LogP contribution in [0.15, 0.2) is 34.9 Å². The molecule has 0 heterocycles. The third-order valence-corrected chi connectivity index (χ3v) is 2.95. The van der Waals surface area contributed by atoms with Gasteiger partial charge in [0.1, 0.15) is 5.75 Å². The van der Waals surface area contributed by atoms with Gasteiger partial charge in [0, 0.05) is 38.0 Å². The minimum absolute atomic E-state index is 0.0721. The number of methoxy groups -OCH3 is 1. The van der Waals surface area contributed by atoms with Gasteiger partial charge >= 0.3 is 0 Å². The van der Waals surface area contributed by atoms with Crippen molar-refractivity contribution < 1.29 is 19.0 Å². The van der Waals surface area contributed by atoms with E-state index >= 15 is 0 Å². The zero-order chi connectivity index (χ0) is 15.7. The largest absolute Gasteiger partial charge is 0.467 e. The third-order valence-electron chi connectivity index (χ3n) is 2.46. The minimum Gasteiger partial charge on any atom is -0.467 e. The van der Waals surface area contributed by atoms with Crippen LogP contribution >= 0.6 is 15.9 Å². The maximum atomic E-state index is 12.2. The van der Waals surface area contributed by atoms with Gasteiger partial charge < -0.3 is 19.1 Å². The van der Waals surface area contributed by atoms with E-state index in [1.165, 1.54) is 6.08 Å². The summed E-state index contributed by atoms with van der Waals surface area (Å²) < 4.78 is 16.4. The van der Waals surface area contributed by atoms with Gasteiger partial charge in [-0.1, -0.05) is 15.9 Å². The number of hydrogen-bond acceptors (Lipinski definition) is 5. The first-order chi connectivity index (χ1) is 10.0. The number of hydrogen-bond donors (Lipinski definition) is 0. The summed E-state index contributed by atoms with van der Waals surface area (Å²) in [5.74, 6) is 0.362. The highest BCUT2D eigenvalue weighted by Gasteiger charge is 2.11. The number of benzene rings is 1. The van der Waals surface area contributed by atoms with E-state index < -0.39 is 0 Å². The van der Waals surface area contributed by atoms with Crippen molar-refractivity contribution in [2.75, 3.05) is 41.2 Å². The fourth-order valence-electron chi connectivity index (χ4n) is 1.43. The van der Waals surface area contributed by atoms with E-state index in [2.05, 4.69) is 15.9 Å². The Labute approximate surface area is 133 Å². The van der Waals surface area contributed by atoms with Gasteiger partial charge in [-0.3, -0.25) is 4.79 Å². The summed E-state index contributed by atoms with van der Waals surface area (Å²) in [4.78, 5) is 14.0. The van der Waals surface area contributed by atoms with Crippen LogP contribution in [-0.2, 0) is 9.47 Å². The average Bonchev–Trinajstić information content (AvgIpc) is 2.45. The second-order valence-electron chi connectivity index (χ2n) is 4.45. The predicted molar refractivity (Wildman–Crippen MR) is 84.6 cm³/mol. The monoisotopic (exact) mass is 357 g/mol. The van der Waals surface area contributed by atoms with Crippen LogP contribution in [0, 0.1) is 0 Å². The summed E-state index contributed by atoms with van der Waals surface area (Å²) in [5, 5.41) is 0. The molecular formula is C15H20BrNO4. The molecule has 0 amide bonds. The van der Waals surface area contributed by atoms with Gasteiger partial charge in [0.15, 0.2) is 12.6 Å². The number of ether oxygens (including phenoxy) is 3. The molecule has 5 nitrogen and oxygen atoms in total. The molecule has 0 aromatic heterocycles. The van der Waals surface area contributed by atoms with Crippen LogP contribution in [0.5, 0.6) is 5.75 Å². The second-order valence-corrected chi connectivity index (χ2v) is 5.36. The summed E-state index contributed by atoms with van der Waals surface area (Å²) in [6.45, 7) is 1.01. The Morgan fingerprint density at radius 3 is 2.76 bits per heavy atom. The molecule has 0 aliphatic heterocycles. The lowest BCUT2D eigenvalue weighted by atomic mass is 10.1. The van der Waals surface area contributed by atoms with E-state index in [1.54, 1.807) is 30.3 Å². The van der Waals surface area contributed by atoms with Crippen LogP contribution < -0.4 is 4.74 Å². The molecule has 1 rings (SSSR count). The summed E-state index contributed by atoms with van der Waals surface area (Å²) in [5.41, 5.74) is 0.484. The third kappa shape index (κ3) is 6.75. The number of rotatable bonds is 9. The number of ketones is 1. The van der Waals surface area contributed by atoms with E-state index in [-0.39, 0.29) is 12.6 Å². The molecule has 0 spiro atoms. The Hall–Kier alpha value is -1.37. The number of carbonyl (C=O) groups is 1. The fourth-order valence-corrected chi connectivity index (χ4v) is 1.79. The molecule has 0 N–H and O–H groups in total. The first-order valence-electron chi connectivity index (χ1n) is 6.42. The van der Waals surface area contributed by atoms with Crippen molar-refractivity contribution in [3.05, 3.63) is 40.5 Å². The Balaban J connectivity index is 2.73. The van der Waals surface area contributed by atoms with Crippen molar-refractivity contribution in [1.29, 1.82) is 0 Å². The van der Waals surface area contributed by atoms with E-state index in [1.807, 2.05) is 20.2 Å². The van der Waals surface area contributed by atoms with Crippen LogP contribution in [-0.4, -0.2) is 51.9 Å². The van der Waals surface area contributed by atoms with Crippen LogP contribution in [0.1, 0.15) is 10.4 Å². The van der Waals surface area contributed by atoms with E-state index in [0.29, 0.717) is 24.5 Å². The van der Waals surface area contributed by atoms with E-state index in [9.17, 15) is 4.79 Å². The average molecular weight is 358 g/mol. The molecule has 1 aromatic rings. The molecule has 21 heavy (non-hydrogen) atoms. The predicted octanol–water partition coefficient (Wildman–Crippen LogP) is 2.71. The van der Waals surface area contributed by atoms with Crippen molar-refractivity contribution in [1.82, 2.24) is 4.90 Å². The molecule has 0 saturated carbocycles. The normalized spacial score (nSPS) is 10.9. The molecule has 0 unspecified atom stereocenters. The SMILES string of the molecule is COCCOCOc1ccc(Br)cc1C(=O)/C=C/N(C)C. The lowest BCUT2D eigenvalue weighted by Crippen LogP contribution is -2.10. The number of allylic oxidation sites excluding steroid dienone is 1. The van der Waals surface area contributed by atoms with Crippen molar-refractivity contribution in [2.24, 2.45) is 0 Å². The lowest BCUT2D eigenvalue weighted by Gasteiger charge is -2.11. The van der Waals surface area contributed by atoms with Crippen molar-refractivity contribution >= 4 is 21.7 Å². The molecule has 0 saturated heterocycles. The maximum absolute atomic E-state index is 12.2. The van der Waals surface area contributed by atoms with Gasteiger partial charge in [-0.25, -0.2) is 0 Å². The Bertz CT molecular complexity index is 489. The van der Waals surface area contributed by atoms with E-state index in [0.717, 1.165) is 4.47 Å². The van der Waals surface area contributed by atoms with Gasteiger partial charge in [0.2, 0.25) is 0 Å². The van der Waals surface area contributed by atoms with Crippen LogP contribution in [0.2, 0.25) is 0 Å². The zero-order valence-electron chi connectivity index (χ0n) is 12.5. The van der Waals surface area contributed by atoms with Gasteiger partial charge in [-0.05, 0) is 18.2 Å². The van der Waals surface area contributed by atoms with Crippen molar-refractivity contribution in [3.8, 4) is 5.75 Å². The molecule has 6 heteroatoms. The molecule has 1 aromatic carbocycles. The quantitative estimate of drug-likeness (QED) is 0.294. The molecule has 0 aliphatic carbocycles. The summed E-state index contributed by atoms with van der Waals surface area (Å²) in [6, 6.07) is 5.28. The number of halogens is 1. The first kappa shape index (κ1) is 17.7. The lowest BCUT2D eigenvalue weighted by molar-refractivity contribution is -0.00871. The molecule has 0 fully saturated rings. The Morgan fingerprint density at radius 2 is 2.10 bits per heavy atom. The number of carbonyl (C=O) groups excluding carboxylic acids is 1. The van der Waals surface area contributed by atoms with Crippen LogP contribution in [0.3, 0.4) is 0 Å². The topological polar surface area (TPSA) is 48.0 Å². The van der Waals surface area contributed by atoms with Crippen LogP contribution in [0.4, 0.5) is 0 Å². The van der Waals surface area contributed by atoms with Gasteiger partial charge in [0.05, 0.1) is 18.8 Å². The van der Waals surface area contributed by atoms with Crippen molar-refractivity contribution in [2.45, 2.75) is 0 Å². The Kier molecular flexibility index (Phi) is 8.04. The molecule has 116 valence electrons. The molecule has 0 bridgehead atoms. The number of nitrogens with zero attached hydrogens (tertiary/aromatic N) is 1. The van der Waals surface area contributed by atoms with Crippen LogP contribution in [0.25, 0.3) is 0 Å². The maximum Gasteiger partial charge on any atom is 0.191 e. The zero-order valence-corrected chi connectivity index (χ0v) is 14.1. The van der Waals surface area contributed by atoms with E-state index in [4.69, 9.17) is 14.2 Å². The molecule has 0 atom stereocenters. The van der Waals surface area contributed by atoms with Gasteiger partial charge in [-0.2, -0.15) is 0 Å². The Morgan fingerprint density at radius 1 is 1.33 bits per heavy atom. The molecule has 0 radical (unpaired) electrons. The minimum atomic E-state index is -0.128. The fraction of sp³-hybridized carbons (Fsp3) is 0.400. The van der Waals surface area contributed by atoms with Gasteiger partial charge in [0.25, 0.3) is 0 Å². The summed E-state index contributed by atoms with van der Waals surface area (Å²) >= 11 is 3.36. The molecule has 0 aliphatic rings. The summed E-state index contributed by atoms with van der Waals surface area (Å²) in [6.07, 6.45) is 3.20. The molecular weight excluding hydrogens is 338 g/mol. The first-order valence-corrected chi connectivity index (χ1v) is 7.22. The van der Waals surface area contributed by atoms with Gasteiger partial charge in [-0.15, -0.1) is 0 Å². The highest BCUT2D eigenvalue weighted by molar-refractivity contribution is 9.10. The summed E-state index contributed by atoms with van der Waals surface area (Å²) in [7, 11) is 5.31. The standard InChI is InChI=1S/C15H20BrNO4/c1-17(2)7-6-14(18)13-10-12(16)4-5-15(13)21-11-20-9-8-19-3/h4-7,10H,8-9,11H2,1-3H3/b7-6+. The highest BCUT2D eigenvalue weighted by atomic mass is 79.9. The van der Waals surface area contributed by atoms with Crippen molar-refractivity contribution in [3.63, 3.8) is 0 Å². The second kappa shape index (κ2) is 9.55. The highest BCUT2D eigenvalue weighted by Crippen LogP contribution is 2.24. The smallest absolute Gasteiger partial charge is 0.191 e.